The van der Waals surface area contributed by atoms with E-state index in [0.717, 1.165) is 6.54 Å². The Balaban J connectivity index is 2.18. The third-order valence-electron chi connectivity index (χ3n) is 3.72. The van der Waals surface area contributed by atoms with Gasteiger partial charge in [-0.2, -0.15) is 0 Å². The number of rotatable bonds is 3. The molecule has 0 saturated heterocycles. The van der Waals surface area contributed by atoms with Crippen LogP contribution in [-0.2, 0) is 6.54 Å². The lowest BCUT2D eigenvalue weighted by Gasteiger charge is -2.11. The van der Waals surface area contributed by atoms with Gasteiger partial charge >= 0.3 is 0 Å². The van der Waals surface area contributed by atoms with E-state index in [1.807, 2.05) is 0 Å². The van der Waals surface area contributed by atoms with Crippen LogP contribution in [0.2, 0.25) is 0 Å². The highest BCUT2D eigenvalue weighted by Crippen LogP contribution is 2.57. The maximum Gasteiger partial charge on any atom is 0.0227 e. The zero-order chi connectivity index (χ0) is 11.9. The molecule has 2 rings (SSSR count). The molecule has 0 heterocycles. The Bertz CT molecular complexity index is 382. The van der Waals surface area contributed by atoms with Crippen molar-refractivity contribution >= 4 is 0 Å². The Morgan fingerprint density at radius 1 is 1.31 bits per heavy atom. The highest BCUT2D eigenvalue weighted by atomic mass is 15.0. The van der Waals surface area contributed by atoms with Crippen LogP contribution in [0, 0.1) is 5.41 Å². The summed E-state index contributed by atoms with van der Waals surface area (Å²) in [5.41, 5.74) is 9.16. The van der Waals surface area contributed by atoms with Crippen LogP contribution in [0.15, 0.2) is 24.3 Å². The molecular weight excluding hydrogens is 196 g/mol. The van der Waals surface area contributed by atoms with Crippen LogP contribution in [-0.4, -0.2) is 25.0 Å². The summed E-state index contributed by atoms with van der Waals surface area (Å²) >= 11 is 0. The van der Waals surface area contributed by atoms with Crippen molar-refractivity contribution < 1.29 is 0 Å². The van der Waals surface area contributed by atoms with Gasteiger partial charge in [0.25, 0.3) is 0 Å². The predicted octanol–water partition coefficient (Wildman–Crippen LogP) is 2.20. The molecule has 1 aliphatic rings. The normalized spacial score (nSPS) is 27.1. The Morgan fingerprint density at radius 2 is 1.94 bits per heavy atom. The molecule has 0 unspecified atom stereocenters. The highest BCUT2D eigenvalue weighted by Gasteiger charge is 2.55. The van der Waals surface area contributed by atoms with Gasteiger partial charge in [0, 0.05) is 18.5 Å². The third kappa shape index (κ3) is 2.00. The summed E-state index contributed by atoms with van der Waals surface area (Å²) < 4.78 is 0. The molecule has 2 heteroatoms. The molecule has 16 heavy (non-hydrogen) atoms. The summed E-state index contributed by atoms with van der Waals surface area (Å²) in [6, 6.07) is 9.17. The molecule has 1 aromatic carbocycles. The van der Waals surface area contributed by atoms with Crippen LogP contribution in [0.5, 0.6) is 0 Å². The van der Waals surface area contributed by atoms with Crippen LogP contribution in [0.25, 0.3) is 0 Å². The Kier molecular flexibility index (Phi) is 2.81. The molecule has 0 radical (unpaired) electrons. The average molecular weight is 218 g/mol. The van der Waals surface area contributed by atoms with Crippen molar-refractivity contribution in [1.29, 1.82) is 0 Å². The molecule has 0 bridgehead atoms. The van der Waals surface area contributed by atoms with Crippen molar-refractivity contribution in [2.24, 2.45) is 11.1 Å². The quantitative estimate of drug-likeness (QED) is 0.842. The zero-order valence-corrected chi connectivity index (χ0v) is 10.7. The number of nitrogens with zero attached hydrogens (tertiary/aromatic N) is 1. The van der Waals surface area contributed by atoms with Crippen molar-refractivity contribution in [2.45, 2.75) is 32.4 Å². The standard InChI is InChI=1S/C14H22N2/c1-14(2)12(13(14)15)11-7-5-6-10(8-11)9-16(3)4/h5-8,12-13H,9,15H2,1-4H3/t12-,13-/m0/s1. The van der Waals surface area contributed by atoms with Crippen LogP contribution >= 0.6 is 0 Å². The first-order valence-corrected chi connectivity index (χ1v) is 5.92. The van der Waals surface area contributed by atoms with Crippen LogP contribution in [0.3, 0.4) is 0 Å². The van der Waals surface area contributed by atoms with E-state index in [9.17, 15) is 0 Å². The fourth-order valence-electron chi connectivity index (χ4n) is 2.56. The maximum absolute atomic E-state index is 6.12. The molecule has 1 fully saturated rings. The SMILES string of the molecule is CN(C)Cc1cccc([C@H]2[C@H](N)C2(C)C)c1. The summed E-state index contributed by atoms with van der Waals surface area (Å²) in [6.45, 7) is 5.50. The van der Waals surface area contributed by atoms with E-state index in [1.165, 1.54) is 11.1 Å². The smallest absolute Gasteiger partial charge is 0.0227 e. The first-order valence-electron chi connectivity index (χ1n) is 5.92. The average Bonchev–Trinajstić information content (AvgIpc) is 2.65. The van der Waals surface area contributed by atoms with Crippen LogP contribution in [0.1, 0.15) is 30.9 Å². The van der Waals surface area contributed by atoms with Crippen LogP contribution < -0.4 is 5.73 Å². The van der Waals surface area contributed by atoms with E-state index in [1.54, 1.807) is 0 Å². The van der Waals surface area contributed by atoms with Crippen LogP contribution in [0.4, 0.5) is 0 Å². The van der Waals surface area contributed by atoms with E-state index in [2.05, 4.69) is 57.1 Å². The molecule has 0 aromatic heterocycles. The van der Waals surface area contributed by atoms with Crippen molar-refractivity contribution in [3.8, 4) is 0 Å². The number of nitrogens with two attached hydrogens (primary N) is 1. The molecule has 1 aliphatic carbocycles. The van der Waals surface area contributed by atoms with E-state index in [4.69, 9.17) is 5.73 Å². The molecule has 1 aromatic rings. The fraction of sp³-hybridized carbons (Fsp3) is 0.571. The van der Waals surface area contributed by atoms with Gasteiger partial charge in [0.1, 0.15) is 0 Å². The lowest BCUT2D eigenvalue weighted by Crippen LogP contribution is -2.10. The van der Waals surface area contributed by atoms with E-state index in [0.29, 0.717) is 12.0 Å². The van der Waals surface area contributed by atoms with Crippen molar-refractivity contribution in [3.63, 3.8) is 0 Å². The Morgan fingerprint density at radius 3 is 2.44 bits per heavy atom. The highest BCUT2D eigenvalue weighted by molar-refractivity contribution is 5.36. The summed E-state index contributed by atoms with van der Waals surface area (Å²) in [4.78, 5) is 2.19. The van der Waals surface area contributed by atoms with Gasteiger partial charge in [0.05, 0.1) is 0 Å². The Labute approximate surface area is 98.4 Å². The minimum Gasteiger partial charge on any atom is -0.327 e. The molecule has 2 N–H and O–H groups in total. The summed E-state index contributed by atoms with van der Waals surface area (Å²) in [7, 11) is 4.19. The molecule has 1 saturated carbocycles. The monoisotopic (exact) mass is 218 g/mol. The number of hydrogen-bond donors (Lipinski definition) is 1. The van der Waals surface area contributed by atoms with Gasteiger partial charge in [-0.05, 0) is 30.6 Å². The summed E-state index contributed by atoms with van der Waals surface area (Å²) in [6.07, 6.45) is 0. The molecule has 88 valence electrons. The molecule has 2 nitrogen and oxygen atoms in total. The second-order valence-electron chi connectivity index (χ2n) is 5.81. The number of hydrogen-bond acceptors (Lipinski definition) is 2. The first kappa shape index (κ1) is 11.6. The molecular formula is C14H22N2. The lowest BCUT2D eigenvalue weighted by molar-refractivity contribution is 0.402. The zero-order valence-electron chi connectivity index (χ0n) is 10.7. The van der Waals surface area contributed by atoms with Gasteiger partial charge in [0.15, 0.2) is 0 Å². The van der Waals surface area contributed by atoms with Gasteiger partial charge in [0.2, 0.25) is 0 Å². The van der Waals surface area contributed by atoms with Crippen molar-refractivity contribution in [2.75, 3.05) is 14.1 Å². The number of benzene rings is 1. The largest absolute Gasteiger partial charge is 0.327 e. The third-order valence-corrected chi connectivity index (χ3v) is 3.72. The van der Waals surface area contributed by atoms with Gasteiger partial charge in [-0.3, -0.25) is 0 Å². The minimum atomic E-state index is 0.275. The van der Waals surface area contributed by atoms with Gasteiger partial charge in [-0.1, -0.05) is 38.1 Å². The van der Waals surface area contributed by atoms with Crippen molar-refractivity contribution in [3.05, 3.63) is 35.4 Å². The second-order valence-corrected chi connectivity index (χ2v) is 5.81. The maximum atomic E-state index is 6.12. The van der Waals surface area contributed by atoms with Gasteiger partial charge in [-0.25, -0.2) is 0 Å². The minimum absolute atomic E-state index is 0.275. The lowest BCUT2D eigenvalue weighted by atomic mass is 10.0. The second kappa shape index (κ2) is 3.86. The fourth-order valence-corrected chi connectivity index (χ4v) is 2.56. The Hall–Kier alpha value is -0.860. The first-order chi connectivity index (χ1) is 7.43. The molecule has 2 atom stereocenters. The summed E-state index contributed by atoms with van der Waals surface area (Å²) in [5, 5.41) is 0. The van der Waals surface area contributed by atoms with Crippen molar-refractivity contribution in [1.82, 2.24) is 4.90 Å². The molecule has 0 spiro atoms. The van der Waals surface area contributed by atoms with Gasteiger partial charge in [-0.15, -0.1) is 0 Å². The van der Waals surface area contributed by atoms with Gasteiger partial charge < -0.3 is 10.6 Å². The predicted molar refractivity (Wildman–Crippen MR) is 68.3 cm³/mol. The molecule has 0 amide bonds. The molecule has 0 aliphatic heterocycles. The van der Waals surface area contributed by atoms with E-state index < -0.39 is 0 Å². The topological polar surface area (TPSA) is 29.3 Å². The van der Waals surface area contributed by atoms with E-state index in [-0.39, 0.29) is 5.41 Å². The summed E-state index contributed by atoms with van der Waals surface area (Å²) in [5.74, 6) is 0.537. The van der Waals surface area contributed by atoms with E-state index >= 15 is 0 Å².